The molecule has 2 aliphatic heterocycles. The molecule has 2 aliphatic rings. The minimum atomic E-state index is -0.563. The third-order valence-electron chi connectivity index (χ3n) is 5.68. The van der Waals surface area contributed by atoms with Gasteiger partial charge in [0.05, 0.1) is 15.7 Å². The van der Waals surface area contributed by atoms with E-state index in [-0.39, 0.29) is 20.7 Å². The van der Waals surface area contributed by atoms with Crippen LogP contribution in [0.4, 0.5) is 11.4 Å². The summed E-state index contributed by atoms with van der Waals surface area (Å²) in [5.41, 5.74) is 4.71. The molecule has 164 valence electrons. The van der Waals surface area contributed by atoms with Crippen LogP contribution in [0.2, 0.25) is 10.0 Å². The van der Waals surface area contributed by atoms with Gasteiger partial charge in [-0.15, -0.1) is 0 Å². The first-order chi connectivity index (χ1) is 15.9. The largest absolute Gasteiger partial charge is 0.363 e. The van der Waals surface area contributed by atoms with Crippen LogP contribution in [0, 0.1) is 0 Å². The summed E-state index contributed by atoms with van der Waals surface area (Å²) in [6, 6.07) is 21.0. The zero-order chi connectivity index (χ0) is 23.1. The molecule has 0 atom stereocenters. The second kappa shape index (κ2) is 8.63. The van der Waals surface area contributed by atoms with Gasteiger partial charge in [-0.2, -0.15) is 0 Å². The van der Waals surface area contributed by atoms with Gasteiger partial charge in [0.1, 0.15) is 5.57 Å². The van der Waals surface area contributed by atoms with Gasteiger partial charge in [0.15, 0.2) is 5.11 Å². The summed E-state index contributed by atoms with van der Waals surface area (Å²) in [5.74, 6) is -1.12. The highest BCUT2D eigenvalue weighted by atomic mass is 35.5. The lowest BCUT2D eigenvalue weighted by Gasteiger charge is -2.29. The molecule has 2 heterocycles. The van der Waals surface area contributed by atoms with Gasteiger partial charge in [-0.3, -0.25) is 19.8 Å². The number of nitrogens with one attached hydrogen (secondary N) is 1. The third-order valence-corrected chi connectivity index (χ3v) is 6.78. The second-order valence-electron chi connectivity index (χ2n) is 7.75. The maximum Gasteiger partial charge on any atom is 0.270 e. The predicted molar refractivity (Wildman–Crippen MR) is 135 cm³/mol. The molecule has 3 aromatic rings. The van der Waals surface area contributed by atoms with Crippen LogP contribution in [0.25, 0.3) is 6.08 Å². The number of anilines is 2. The summed E-state index contributed by atoms with van der Waals surface area (Å²) in [7, 11) is 0. The molecule has 0 aliphatic carbocycles. The van der Waals surface area contributed by atoms with E-state index in [1.807, 2.05) is 24.3 Å². The van der Waals surface area contributed by atoms with Gasteiger partial charge in [0, 0.05) is 18.8 Å². The average molecular weight is 494 g/mol. The van der Waals surface area contributed by atoms with E-state index >= 15 is 0 Å². The first-order valence-corrected chi connectivity index (χ1v) is 11.4. The monoisotopic (exact) mass is 493 g/mol. The van der Waals surface area contributed by atoms with Crippen LogP contribution < -0.4 is 15.1 Å². The van der Waals surface area contributed by atoms with Crippen LogP contribution in [0.15, 0.2) is 72.3 Å². The lowest BCUT2D eigenvalue weighted by Crippen LogP contribution is -2.54. The Morgan fingerprint density at radius 3 is 2.21 bits per heavy atom. The highest BCUT2D eigenvalue weighted by Crippen LogP contribution is 2.34. The standard InChI is InChI=1S/C25H17Cl2N3O2S/c26-20-6-3-7-21(22(20)27)30-24(32)19(23(31)28-25(30)33)12-15-8-10-18(11-9-15)29-13-16-4-1-2-5-17(16)14-29/h1-12H,13-14H2,(H,28,31,33). The molecule has 1 saturated heterocycles. The number of rotatable bonds is 3. The molecule has 0 radical (unpaired) electrons. The Morgan fingerprint density at radius 2 is 1.55 bits per heavy atom. The molecule has 0 saturated carbocycles. The van der Waals surface area contributed by atoms with Crippen molar-refractivity contribution in [3.8, 4) is 0 Å². The number of carbonyl (C=O) groups excluding carboxylic acids is 2. The Morgan fingerprint density at radius 1 is 0.879 bits per heavy atom. The SMILES string of the molecule is O=C1NC(=S)N(c2cccc(Cl)c2Cl)C(=O)C1=Cc1ccc(N2Cc3ccccc3C2)cc1. The van der Waals surface area contributed by atoms with Crippen LogP contribution in [0.3, 0.4) is 0 Å². The van der Waals surface area contributed by atoms with Gasteiger partial charge in [0.2, 0.25) is 0 Å². The molecule has 5 nitrogen and oxygen atoms in total. The molecule has 3 aromatic carbocycles. The number of benzene rings is 3. The summed E-state index contributed by atoms with van der Waals surface area (Å²) in [4.78, 5) is 29.3. The third kappa shape index (κ3) is 4.02. The van der Waals surface area contributed by atoms with E-state index in [0.29, 0.717) is 5.69 Å². The number of halogens is 2. The highest BCUT2D eigenvalue weighted by molar-refractivity contribution is 7.80. The molecule has 1 fully saturated rings. The molecule has 33 heavy (non-hydrogen) atoms. The van der Waals surface area contributed by atoms with Gasteiger partial charge < -0.3 is 4.90 Å². The minimum Gasteiger partial charge on any atom is -0.363 e. The van der Waals surface area contributed by atoms with Crippen molar-refractivity contribution in [1.82, 2.24) is 5.32 Å². The summed E-state index contributed by atoms with van der Waals surface area (Å²) in [6.45, 7) is 1.70. The number of hydrogen-bond acceptors (Lipinski definition) is 4. The topological polar surface area (TPSA) is 52.7 Å². The molecule has 8 heteroatoms. The Hall–Kier alpha value is -3.19. The first-order valence-electron chi connectivity index (χ1n) is 10.2. The maximum absolute atomic E-state index is 13.2. The zero-order valence-corrected chi connectivity index (χ0v) is 19.5. The fraction of sp³-hybridized carbons (Fsp3) is 0.0800. The van der Waals surface area contributed by atoms with Crippen molar-refractivity contribution in [2.75, 3.05) is 9.80 Å². The molecule has 5 rings (SSSR count). The molecule has 0 bridgehead atoms. The average Bonchev–Trinajstić information content (AvgIpc) is 3.24. The Labute approximate surface area is 206 Å². The van der Waals surface area contributed by atoms with Crippen LogP contribution in [-0.2, 0) is 22.7 Å². The summed E-state index contributed by atoms with van der Waals surface area (Å²) >= 11 is 17.6. The summed E-state index contributed by atoms with van der Waals surface area (Å²) in [5, 5.41) is 2.98. The fourth-order valence-electron chi connectivity index (χ4n) is 4.01. The van der Waals surface area contributed by atoms with Gasteiger partial charge in [-0.05, 0) is 59.2 Å². The van der Waals surface area contributed by atoms with E-state index in [1.54, 1.807) is 24.3 Å². The maximum atomic E-state index is 13.2. The van der Waals surface area contributed by atoms with Crippen LogP contribution in [-0.4, -0.2) is 16.9 Å². The van der Waals surface area contributed by atoms with Crippen molar-refractivity contribution in [2.24, 2.45) is 0 Å². The van der Waals surface area contributed by atoms with Crippen molar-refractivity contribution in [3.63, 3.8) is 0 Å². The Kier molecular flexibility index (Phi) is 5.66. The lowest BCUT2D eigenvalue weighted by molar-refractivity contribution is -0.122. The van der Waals surface area contributed by atoms with E-state index in [0.717, 1.165) is 24.3 Å². The molecule has 1 N–H and O–H groups in total. The summed E-state index contributed by atoms with van der Waals surface area (Å²) < 4.78 is 0. The summed E-state index contributed by atoms with van der Waals surface area (Å²) in [6.07, 6.45) is 1.55. The number of nitrogens with zero attached hydrogens (tertiary/aromatic N) is 2. The van der Waals surface area contributed by atoms with Crippen molar-refractivity contribution in [2.45, 2.75) is 13.1 Å². The van der Waals surface area contributed by atoms with E-state index in [4.69, 9.17) is 35.4 Å². The fourth-order valence-corrected chi connectivity index (χ4v) is 4.66. The lowest BCUT2D eigenvalue weighted by atomic mass is 10.1. The quantitative estimate of drug-likeness (QED) is 0.303. The number of fused-ring (bicyclic) bond motifs is 1. The van der Waals surface area contributed by atoms with E-state index < -0.39 is 11.8 Å². The van der Waals surface area contributed by atoms with Crippen LogP contribution in [0.5, 0.6) is 0 Å². The minimum absolute atomic E-state index is 0.0408. The smallest absolute Gasteiger partial charge is 0.270 e. The predicted octanol–water partition coefficient (Wildman–Crippen LogP) is 5.34. The van der Waals surface area contributed by atoms with Gasteiger partial charge >= 0.3 is 0 Å². The second-order valence-corrected chi connectivity index (χ2v) is 8.92. The van der Waals surface area contributed by atoms with Crippen LogP contribution >= 0.6 is 35.4 Å². The Balaban J connectivity index is 1.41. The first kappa shape index (κ1) is 21.6. The number of hydrogen-bond donors (Lipinski definition) is 1. The normalized spacial score (nSPS) is 16.9. The molecule has 0 unspecified atom stereocenters. The Bertz CT molecular complexity index is 1310. The number of amides is 2. The number of carbonyl (C=O) groups is 2. The molecular formula is C25H17Cl2N3O2S. The van der Waals surface area contributed by atoms with Crippen molar-refractivity contribution >= 4 is 69.8 Å². The molecule has 0 aromatic heterocycles. The zero-order valence-electron chi connectivity index (χ0n) is 17.2. The number of thiocarbonyl (C=S) groups is 1. The van der Waals surface area contributed by atoms with Crippen molar-refractivity contribution < 1.29 is 9.59 Å². The highest BCUT2D eigenvalue weighted by Gasteiger charge is 2.35. The van der Waals surface area contributed by atoms with Crippen molar-refractivity contribution in [3.05, 3.63) is 99.0 Å². The van der Waals surface area contributed by atoms with Gasteiger partial charge in [-0.1, -0.05) is 65.7 Å². The van der Waals surface area contributed by atoms with Gasteiger partial charge in [-0.25, -0.2) is 0 Å². The van der Waals surface area contributed by atoms with E-state index in [1.165, 1.54) is 16.0 Å². The van der Waals surface area contributed by atoms with Crippen molar-refractivity contribution in [1.29, 1.82) is 0 Å². The molecule has 0 spiro atoms. The van der Waals surface area contributed by atoms with Gasteiger partial charge in [0.25, 0.3) is 11.8 Å². The van der Waals surface area contributed by atoms with Crippen LogP contribution in [0.1, 0.15) is 16.7 Å². The van der Waals surface area contributed by atoms with E-state index in [9.17, 15) is 9.59 Å². The van der Waals surface area contributed by atoms with E-state index in [2.05, 4.69) is 34.5 Å². The molecular weight excluding hydrogens is 477 g/mol. The molecule has 2 amide bonds.